The predicted molar refractivity (Wildman–Crippen MR) is 78.9 cm³/mol. The van der Waals surface area contributed by atoms with Crippen LogP contribution in [0.3, 0.4) is 0 Å². The smallest absolute Gasteiger partial charge is 0.222 e. The highest BCUT2D eigenvalue weighted by molar-refractivity contribution is 8.00. The number of alkyl halides is 3. The van der Waals surface area contributed by atoms with Crippen LogP contribution in [0.15, 0.2) is 0 Å². The molecule has 0 atom stereocenters. The maximum Gasteiger partial charge on any atom is 0.348 e. The third-order valence-corrected chi connectivity index (χ3v) is 10.8. The minimum atomic E-state index is -4.94. The lowest BCUT2D eigenvalue weighted by molar-refractivity contribution is -2.00. The van der Waals surface area contributed by atoms with Gasteiger partial charge in [-0.2, -0.15) is 0 Å². The number of hydrogen-bond donors (Lipinski definition) is 0. The van der Waals surface area contributed by atoms with Crippen LogP contribution >= 0.6 is 53.0 Å². The molecule has 0 aliphatic carbocycles. The van der Waals surface area contributed by atoms with Crippen LogP contribution in [-0.2, 0) is 0 Å². The van der Waals surface area contributed by atoms with Gasteiger partial charge in [0.25, 0.3) is 0 Å². The SMILES string of the molecule is CCN(CC)[P+](Cl)(N(CC)CC)C(Cl)(Cl)Cl.[O-][Cl+3]([O-])([O-])[O-]. The molecule has 21 heavy (non-hydrogen) atoms. The van der Waals surface area contributed by atoms with Gasteiger partial charge in [-0.15, -0.1) is 19.6 Å². The molecule has 0 saturated heterocycles. The van der Waals surface area contributed by atoms with Crippen molar-refractivity contribution in [2.75, 3.05) is 26.2 Å². The van der Waals surface area contributed by atoms with Crippen molar-refractivity contribution < 1.29 is 28.9 Å². The van der Waals surface area contributed by atoms with E-state index in [2.05, 4.69) is 9.34 Å². The normalized spacial score (nSPS) is 13.4. The lowest BCUT2D eigenvalue weighted by atomic mass is 10.7. The molecule has 0 aliphatic heterocycles. The fourth-order valence-electron chi connectivity index (χ4n) is 1.70. The zero-order valence-corrected chi connectivity index (χ0v) is 16.9. The summed E-state index contributed by atoms with van der Waals surface area (Å²) in [6, 6.07) is 0. The first-order chi connectivity index (χ1) is 9.29. The first-order valence-electron chi connectivity index (χ1n) is 6.07. The maximum atomic E-state index is 8.49. The molecule has 0 radical (unpaired) electrons. The molecule has 0 aromatic rings. The molecule has 0 fully saturated rings. The highest BCUT2D eigenvalue weighted by Gasteiger charge is 2.64. The standard InChI is InChI=1S/C9H20Cl4N2P.ClHO4/c1-5-14(6-2)16(13,9(10,11)12)15(7-3)8-4;2-1(3,4)5/h5-8H2,1-4H3;(H,2,3,4,5)/q+1;/p-1. The Hall–Kier alpha value is 1.64. The van der Waals surface area contributed by atoms with Gasteiger partial charge in [0.2, 0.25) is 0 Å². The topological polar surface area (TPSA) is 98.7 Å². The fraction of sp³-hybridized carbons (Fsp3) is 1.00. The van der Waals surface area contributed by atoms with Crippen molar-refractivity contribution in [1.29, 1.82) is 0 Å². The third kappa shape index (κ3) is 8.89. The molecule has 0 N–H and O–H groups in total. The van der Waals surface area contributed by atoms with Crippen LogP contribution in [0.25, 0.3) is 0 Å². The van der Waals surface area contributed by atoms with Crippen LogP contribution in [0.2, 0.25) is 0 Å². The van der Waals surface area contributed by atoms with Gasteiger partial charge in [0.05, 0.1) is 0 Å². The fourth-order valence-corrected chi connectivity index (χ4v) is 7.40. The van der Waals surface area contributed by atoms with Crippen molar-refractivity contribution in [2.45, 2.75) is 31.2 Å². The van der Waals surface area contributed by atoms with Crippen molar-refractivity contribution >= 4 is 53.0 Å². The van der Waals surface area contributed by atoms with Gasteiger partial charge in [-0.05, 0) is 62.5 Å². The summed E-state index contributed by atoms with van der Waals surface area (Å²) in [6.45, 7) is 8.78. The van der Waals surface area contributed by atoms with E-state index in [9.17, 15) is 0 Å². The van der Waals surface area contributed by atoms with Gasteiger partial charge >= 0.3 is 10.5 Å². The van der Waals surface area contributed by atoms with E-state index in [0.29, 0.717) is 0 Å². The average Bonchev–Trinajstić information content (AvgIpc) is 2.28. The van der Waals surface area contributed by atoms with E-state index in [1.807, 2.05) is 27.7 Å². The molecule has 0 amide bonds. The number of nitrogens with zero attached hydrogens (tertiary/aromatic N) is 2. The van der Waals surface area contributed by atoms with E-state index in [4.69, 9.17) is 64.7 Å². The largest absolute Gasteiger partial charge is 0.348 e. The molecule has 12 heteroatoms. The van der Waals surface area contributed by atoms with Crippen LogP contribution < -0.4 is 18.6 Å². The lowest BCUT2D eigenvalue weighted by Crippen LogP contribution is -2.68. The van der Waals surface area contributed by atoms with E-state index in [0.717, 1.165) is 26.2 Å². The molecule has 0 bridgehead atoms. The summed E-state index contributed by atoms with van der Waals surface area (Å²) in [5, 5.41) is 0. The molecule has 0 heterocycles. The number of hydrogen-bond acceptors (Lipinski definition) is 6. The van der Waals surface area contributed by atoms with Gasteiger partial charge in [0, 0.05) is 26.2 Å². The molecule has 0 rings (SSSR count). The van der Waals surface area contributed by atoms with Crippen LogP contribution in [0.4, 0.5) is 0 Å². The lowest BCUT2D eigenvalue weighted by Gasteiger charge is -2.39. The Labute approximate surface area is 148 Å². The highest BCUT2D eigenvalue weighted by atomic mass is 35.7. The van der Waals surface area contributed by atoms with Crippen LogP contribution in [0.5, 0.6) is 0 Å². The average molecular weight is 429 g/mol. The monoisotopic (exact) mass is 426 g/mol. The molecular weight excluding hydrogens is 408 g/mol. The Kier molecular flexibility index (Phi) is 12.4. The molecule has 0 aliphatic rings. The highest BCUT2D eigenvalue weighted by Crippen LogP contribution is 2.81. The second-order valence-corrected chi connectivity index (χ2v) is 11.7. The second-order valence-electron chi connectivity index (χ2n) is 3.65. The molecule has 0 unspecified atom stereocenters. The van der Waals surface area contributed by atoms with Crippen LogP contribution in [0.1, 0.15) is 27.7 Å². The molecule has 0 saturated carbocycles. The first kappa shape index (κ1) is 24.9. The van der Waals surface area contributed by atoms with Crippen molar-refractivity contribution in [3.05, 3.63) is 0 Å². The van der Waals surface area contributed by atoms with Gasteiger partial charge in [-0.3, -0.25) is 0 Å². The van der Waals surface area contributed by atoms with Gasteiger partial charge in [0.15, 0.2) is 0 Å². The van der Waals surface area contributed by atoms with Crippen LogP contribution in [0, 0.1) is 10.2 Å². The maximum absolute atomic E-state index is 8.49. The second kappa shape index (κ2) is 10.5. The van der Waals surface area contributed by atoms with Gasteiger partial charge < -0.3 is 0 Å². The van der Waals surface area contributed by atoms with Gasteiger partial charge in [-0.25, -0.2) is 18.6 Å². The van der Waals surface area contributed by atoms with Crippen molar-refractivity contribution in [1.82, 2.24) is 9.34 Å². The third-order valence-electron chi connectivity index (χ3n) is 2.53. The van der Waals surface area contributed by atoms with E-state index in [1.165, 1.54) is 0 Å². The van der Waals surface area contributed by atoms with E-state index in [1.54, 1.807) is 0 Å². The molecule has 6 nitrogen and oxygen atoms in total. The summed E-state index contributed by atoms with van der Waals surface area (Å²) in [5.74, 6) is 0. The van der Waals surface area contributed by atoms with E-state index in [-0.39, 0.29) is 0 Å². The van der Waals surface area contributed by atoms with Gasteiger partial charge in [-0.1, -0.05) is 0 Å². The number of rotatable bonds is 6. The zero-order chi connectivity index (χ0) is 17.5. The molecule has 130 valence electrons. The quantitative estimate of drug-likeness (QED) is 0.444. The van der Waals surface area contributed by atoms with Crippen molar-refractivity contribution in [2.24, 2.45) is 0 Å². The van der Waals surface area contributed by atoms with E-state index < -0.39 is 20.7 Å². The Balaban J connectivity index is 0. The zero-order valence-electron chi connectivity index (χ0n) is 12.2. The Bertz CT molecular complexity index is 264. The van der Waals surface area contributed by atoms with Crippen molar-refractivity contribution in [3.8, 4) is 0 Å². The molecule has 0 aromatic heterocycles. The summed E-state index contributed by atoms with van der Waals surface area (Å²) in [4.78, 5) is 0. The predicted octanol–water partition coefficient (Wildman–Crippen LogP) is 0.243. The first-order valence-corrected chi connectivity index (χ1v) is 11.0. The summed E-state index contributed by atoms with van der Waals surface area (Å²) in [7, 11) is -4.94. The molecule has 0 aromatic carbocycles. The Morgan fingerprint density at radius 3 is 1.10 bits per heavy atom. The molecular formula is C9H20Cl5N2O4P. The Morgan fingerprint density at radius 2 is 1.00 bits per heavy atom. The summed E-state index contributed by atoms with van der Waals surface area (Å²) >= 11 is 25.0. The summed E-state index contributed by atoms with van der Waals surface area (Å²) in [6.07, 6.45) is 0. The van der Waals surface area contributed by atoms with E-state index >= 15 is 0 Å². The minimum absolute atomic E-state index is 0.776. The minimum Gasteiger partial charge on any atom is -0.222 e. The molecule has 0 spiro atoms. The Morgan fingerprint density at radius 1 is 0.810 bits per heavy atom. The van der Waals surface area contributed by atoms with Crippen LogP contribution in [-0.4, -0.2) is 39.1 Å². The van der Waals surface area contributed by atoms with Gasteiger partial charge in [0.1, 0.15) is 11.2 Å². The number of halogens is 5. The van der Waals surface area contributed by atoms with Crippen molar-refractivity contribution in [3.63, 3.8) is 0 Å². The summed E-state index contributed by atoms with van der Waals surface area (Å²) < 4.78 is 36.6. The summed E-state index contributed by atoms with van der Waals surface area (Å²) in [5.41, 5.74) is 0.